The van der Waals surface area contributed by atoms with Crippen molar-refractivity contribution in [2.75, 3.05) is 5.32 Å². The van der Waals surface area contributed by atoms with E-state index in [2.05, 4.69) is 16.2 Å². The van der Waals surface area contributed by atoms with Gasteiger partial charge in [0.15, 0.2) is 0 Å². The average Bonchev–Trinajstić information content (AvgIpc) is 2.70. The lowest BCUT2D eigenvalue weighted by atomic mass is 10.1. The third-order valence-electron chi connectivity index (χ3n) is 4.26. The Kier molecular flexibility index (Phi) is 5.74. The quantitative estimate of drug-likeness (QED) is 0.694. The van der Waals surface area contributed by atoms with Crippen LogP contribution in [0.4, 0.5) is 5.69 Å². The molecule has 1 heterocycles. The van der Waals surface area contributed by atoms with Gasteiger partial charge in [-0.15, -0.1) is 0 Å². The van der Waals surface area contributed by atoms with Crippen molar-refractivity contribution in [1.82, 2.24) is 10.9 Å². The summed E-state index contributed by atoms with van der Waals surface area (Å²) >= 11 is 0. The molecular weight excluding hydrogens is 358 g/mol. The Labute approximate surface area is 162 Å². The van der Waals surface area contributed by atoms with Crippen LogP contribution in [0.5, 0.6) is 0 Å². The minimum absolute atomic E-state index is 0.0577. The van der Waals surface area contributed by atoms with E-state index in [0.717, 1.165) is 11.1 Å². The Hall–Kier alpha value is -3.61. The SMILES string of the molecule is Cc1ccc(C)c(NC(=O)[C@H](OC(=O)C2=CCC(=O)NN2)c2ccccc2)c1. The fourth-order valence-electron chi connectivity index (χ4n) is 2.71. The standard InChI is InChI=1S/C21H21N3O4/c1-13-8-9-14(2)17(12-13)22-20(26)19(15-6-4-3-5-7-15)28-21(27)16-10-11-18(25)24-23-16/h3-10,12,19,23H,11H2,1-2H3,(H,22,26)(H,24,25)/t19-/m1/s1. The molecule has 0 spiro atoms. The number of hydrogen-bond acceptors (Lipinski definition) is 5. The summed E-state index contributed by atoms with van der Waals surface area (Å²) in [6, 6.07) is 14.5. The van der Waals surface area contributed by atoms with Crippen molar-refractivity contribution in [2.45, 2.75) is 26.4 Å². The molecule has 0 unspecified atom stereocenters. The molecule has 0 fully saturated rings. The molecule has 0 aliphatic carbocycles. The van der Waals surface area contributed by atoms with Crippen molar-refractivity contribution in [3.05, 3.63) is 77.0 Å². The molecule has 2 aromatic carbocycles. The molecule has 0 aromatic heterocycles. The van der Waals surface area contributed by atoms with Crippen molar-refractivity contribution in [2.24, 2.45) is 0 Å². The number of carbonyl (C=O) groups is 3. The first kappa shape index (κ1) is 19.2. The number of amides is 2. The van der Waals surface area contributed by atoms with Crippen LogP contribution in [0.2, 0.25) is 0 Å². The van der Waals surface area contributed by atoms with Crippen molar-refractivity contribution in [3.8, 4) is 0 Å². The van der Waals surface area contributed by atoms with Gasteiger partial charge in [0.05, 0.1) is 0 Å². The molecule has 1 atom stereocenters. The largest absolute Gasteiger partial charge is 0.443 e. The fourth-order valence-corrected chi connectivity index (χ4v) is 2.71. The van der Waals surface area contributed by atoms with Crippen LogP contribution in [-0.4, -0.2) is 17.8 Å². The maximum absolute atomic E-state index is 12.9. The van der Waals surface area contributed by atoms with E-state index >= 15 is 0 Å². The average molecular weight is 379 g/mol. The molecule has 3 rings (SSSR count). The van der Waals surface area contributed by atoms with Gasteiger partial charge in [0, 0.05) is 17.7 Å². The smallest absolute Gasteiger partial charge is 0.357 e. The van der Waals surface area contributed by atoms with Gasteiger partial charge in [-0.2, -0.15) is 0 Å². The number of benzene rings is 2. The highest BCUT2D eigenvalue weighted by Crippen LogP contribution is 2.23. The first-order valence-corrected chi connectivity index (χ1v) is 8.83. The molecule has 3 N–H and O–H groups in total. The van der Waals surface area contributed by atoms with E-state index in [0.29, 0.717) is 11.3 Å². The molecule has 0 radical (unpaired) electrons. The number of ether oxygens (including phenoxy) is 1. The van der Waals surface area contributed by atoms with Crippen LogP contribution in [-0.2, 0) is 19.1 Å². The van der Waals surface area contributed by atoms with E-state index in [9.17, 15) is 14.4 Å². The van der Waals surface area contributed by atoms with E-state index in [1.54, 1.807) is 24.3 Å². The first-order valence-electron chi connectivity index (χ1n) is 8.83. The van der Waals surface area contributed by atoms with Gasteiger partial charge in [-0.05, 0) is 37.1 Å². The van der Waals surface area contributed by atoms with Crippen LogP contribution < -0.4 is 16.2 Å². The normalized spacial score (nSPS) is 14.2. The Bertz CT molecular complexity index is 938. The Morgan fingerprint density at radius 3 is 2.50 bits per heavy atom. The second kappa shape index (κ2) is 8.39. The second-order valence-corrected chi connectivity index (χ2v) is 6.50. The topological polar surface area (TPSA) is 96.5 Å². The highest BCUT2D eigenvalue weighted by Gasteiger charge is 2.28. The number of hydrazine groups is 1. The summed E-state index contributed by atoms with van der Waals surface area (Å²) in [5, 5.41) is 2.84. The van der Waals surface area contributed by atoms with Crippen LogP contribution in [0.3, 0.4) is 0 Å². The molecule has 0 saturated carbocycles. The molecule has 2 aromatic rings. The summed E-state index contributed by atoms with van der Waals surface area (Å²) in [5.74, 6) is -1.46. The highest BCUT2D eigenvalue weighted by atomic mass is 16.5. The van der Waals surface area contributed by atoms with Gasteiger partial charge in [-0.3, -0.25) is 20.4 Å². The van der Waals surface area contributed by atoms with Crippen molar-refractivity contribution in [3.63, 3.8) is 0 Å². The predicted molar refractivity (Wildman–Crippen MR) is 104 cm³/mol. The number of aryl methyl sites for hydroxylation is 2. The lowest BCUT2D eigenvalue weighted by molar-refractivity contribution is -0.151. The molecule has 2 amide bonds. The fraction of sp³-hybridized carbons (Fsp3) is 0.190. The minimum Gasteiger partial charge on any atom is -0.443 e. The van der Waals surface area contributed by atoms with Crippen molar-refractivity contribution in [1.29, 1.82) is 0 Å². The van der Waals surface area contributed by atoms with Crippen LogP contribution in [0.15, 0.2) is 60.3 Å². The molecule has 144 valence electrons. The first-order chi connectivity index (χ1) is 13.4. The summed E-state index contributed by atoms with van der Waals surface area (Å²) in [4.78, 5) is 36.6. The minimum atomic E-state index is -1.14. The van der Waals surface area contributed by atoms with Crippen LogP contribution in [0.25, 0.3) is 0 Å². The molecular formula is C21H21N3O4. The lowest BCUT2D eigenvalue weighted by Crippen LogP contribution is -2.43. The van der Waals surface area contributed by atoms with E-state index in [-0.39, 0.29) is 18.0 Å². The molecule has 1 aliphatic heterocycles. The van der Waals surface area contributed by atoms with Gasteiger partial charge in [0.2, 0.25) is 12.0 Å². The zero-order valence-corrected chi connectivity index (χ0v) is 15.6. The van der Waals surface area contributed by atoms with Gasteiger partial charge >= 0.3 is 5.97 Å². The monoisotopic (exact) mass is 379 g/mol. The summed E-state index contributed by atoms with van der Waals surface area (Å²) in [6.07, 6.45) is 0.336. The maximum Gasteiger partial charge on any atom is 0.357 e. The van der Waals surface area contributed by atoms with Gasteiger partial charge in [-0.25, -0.2) is 4.79 Å². The molecule has 7 heteroatoms. The Balaban J connectivity index is 1.83. The summed E-state index contributed by atoms with van der Waals surface area (Å²) in [7, 11) is 0. The molecule has 0 bridgehead atoms. The number of hydrogen-bond donors (Lipinski definition) is 3. The van der Waals surface area contributed by atoms with E-state index in [1.807, 2.05) is 38.1 Å². The predicted octanol–water partition coefficient (Wildman–Crippen LogP) is 2.43. The second-order valence-electron chi connectivity index (χ2n) is 6.50. The summed E-state index contributed by atoms with van der Waals surface area (Å²) in [6.45, 7) is 3.82. The van der Waals surface area contributed by atoms with Gasteiger partial charge < -0.3 is 10.1 Å². The van der Waals surface area contributed by atoms with Crippen LogP contribution in [0.1, 0.15) is 29.2 Å². The zero-order valence-electron chi connectivity index (χ0n) is 15.6. The van der Waals surface area contributed by atoms with E-state index < -0.39 is 18.0 Å². The van der Waals surface area contributed by atoms with Crippen LogP contribution >= 0.6 is 0 Å². The lowest BCUT2D eigenvalue weighted by Gasteiger charge is -2.21. The summed E-state index contributed by atoms with van der Waals surface area (Å²) in [5.41, 5.74) is 8.02. The number of anilines is 1. The van der Waals surface area contributed by atoms with Crippen molar-refractivity contribution < 1.29 is 19.1 Å². The van der Waals surface area contributed by atoms with Crippen LogP contribution in [0, 0.1) is 13.8 Å². The maximum atomic E-state index is 12.9. The Morgan fingerprint density at radius 1 is 1.07 bits per heavy atom. The zero-order chi connectivity index (χ0) is 20.1. The van der Waals surface area contributed by atoms with Gasteiger partial charge in [0.1, 0.15) is 5.70 Å². The number of esters is 1. The van der Waals surface area contributed by atoms with E-state index in [1.165, 1.54) is 6.08 Å². The Morgan fingerprint density at radius 2 is 1.82 bits per heavy atom. The summed E-state index contributed by atoms with van der Waals surface area (Å²) < 4.78 is 5.48. The molecule has 28 heavy (non-hydrogen) atoms. The molecule has 0 saturated heterocycles. The third kappa shape index (κ3) is 4.56. The van der Waals surface area contributed by atoms with Crippen molar-refractivity contribution >= 4 is 23.5 Å². The molecule has 1 aliphatic rings. The van der Waals surface area contributed by atoms with Gasteiger partial charge in [0.25, 0.3) is 5.91 Å². The van der Waals surface area contributed by atoms with Gasteiger partial charge in [-0.1, -0.05) is 42.5 Å². The number of rotatable bonds is 5. The molecule has 7 nitrogen and oxygen atoms in total. The highest BCUT2D eigenvalue weighted by molar-refractivity contribution is 5.98. The number of nitrogens with one attached hydrogen (secondary N) is 3. The third-order valence-corrected chi connectivity index (χ3v) is 4.26. The number of carbonyl (C=O) groups excluding carboxylic acids is 3. The van der Waals surface area contributed by atoms with E-state index in [4.69, 9.17) is 4.74 Å².